The molecule has 3 rings (SSSR count). The third-order valence-electron chi connectivity index (χ3n) is 2.56. The number of nitrogens with zero attached hydrogens (tertiary/aromatic N) is 5. The highest BCUT2D eigenvalue weighted by atomic mass is 15.3. The molecule has 5 heteroatoms. The Morgan fingerprint density at radius 1 is 1.36 bits per heavy atom. The molecule has 2 aromatic heterocycles. The zero-order chi connectivity index (χ0) is 9.54. The first-order chi connectivity index (χ1) is 6.86. The second-order valence-corrected chi connectivity index (χ2v) is 3.68. The molecule has 2 aromatic rings. The van der Waals surface area contributed by atoms with E-state index in [1.807, 2.05) is 17.8 Å². The number of rotatable bonds is 2. The van der Waals surface area contributed by atoms with Gasteiger partial charge in [0.1, 0.15) is 12.0 Å². The highest BCUT2D eigenvalue weighted by Gasteiger charge is 2.27. The average molecular weight is 189 g/mol. The summed E-state index contributed by atoms with van der Waals surface area (Å²) in [7, 11) is 1.97. The van der Waals surface area contributed by atoms with E-state index in [2.05, 4.69) is 19.7 Å². The normalized spacial score (nSPS) is 16.1. The van der Waals surface area contributed by atoms with Gasteiger partial charge in [0.05, 0.1) is 12.5 Å². The summed E-state index contributed by atoms with van der Waals surface area (Å²) in [5.74, 6) is 0.924. The number of aromatic nitrogens is 5. The van der Waals surface area contributed by atoms with Gasteiger partial charge >= 0.3 is 0 Å². The molecule has 0 unspecified atom stereocenters. The number of hydrogen-bond acceptors (Lipinski definition) is 3. The zero-order valence-electron chi connectivity index (χ0n) is 7.96. The van der Waals surface area contributed by atoms with E-state index < -0.39 is 0 Å². The van der Waals surface area contributed by atoms with Crippen molar-refractivity contribution in [2.45, 2.75) is 18.9 Å². The predicted octanol–water partition coefficient (Wildman–Crippen LogP) is 1.01. The van der Waals surface area contributed by atoms with Crippen molar-refractivity contribution in [1.29, 1.82) is 0 Å². The summed E-state index contributed by atoms with van der Waals surface area (Å²) in [4.78, 5) is 4.08. The molecule has 0 saturated heterocycles. The van der Waals surface area contributed by atoms with Crippen LogP contribution in [0.25, 0.3) is 11.5 Å². The Morgan fingerprint density at radius 3 is 2.86 bits per heavy atom. The fourth-order valence-electron chi connectivity index (χ4n) is 1.62. The van der Waals surface area contributed by atoms with E-state index in [4.69, 9.17) is 0 Å². The molecule has 2 heterocycles. The van der Waals surface area contributed by atoms with Crippen LogP contribution in [0.2, 0.25) is 0 Å². The molecule has 0 N–H and O–H groups in total. The van der Waals surface area contributed by atoms with Crippen LogP contribution in [0.3, 0.4) is 0 Å². The van der Waals surface area contributed by atoms with Gasteiger partial charge < -0.3 is 9.13 Å². The molecule has 5 nitrogen and oxygen atoms in total. The Kier molecular flexibility index (Phi) is 1.47. The fourth-order valence-corrected chi connectivity index (χ4v) is 1.62. The standard InChI is InChI=1S/C9H11N5/c1-13-5-10-4-8(13)9-12-11-6-14(9)7-2-3-7/h4-7H,2-3H2,1H3. The molecule has 1 fully saturated rings. The monoisotopic (exact) mass is 189 g/mol. The molecule has 0 amide bonds. The lowest BCUT2D eigenvalue weighted by atomic mass is 10.4. The van der Waals surface area contributed by atoms with E-state index in [1.165, 1.54) is 12.8 Å². The predicted molar refractivity (Wildman–Crippen MR) is 50.5 cm³/mol. The molecular formula is C9H11N5. The van der Waals surface area contributed by atoms with Crippen LogP contribution in [-0.4, -0.2) is 24.3 Å². The van der Waals surface area contributed by atoms with E-state index in [0.29, 0.717) is 6.04 Å². The molecule has 0 atom stereocenters. The van der Waals surface area contributed by atoms with E-state index in [1.54, 1.807) is 12.7 Å². The van der Waals surface area contributed by atoms with Crippen molar-refractivity contribution in [3.8, 4) is 11.5 Å². The Bertz CT molecular complexity index is 451. The van der Waals surface area contributed by atoms with Gasteiger partial charge in [0.25, 0.3) is 0 Å². The SMILES string of the molecule is Cn1cncc1-c1nncn1C1CC1. The number of hydrogen-bond donors (Lipinski definition) is 0. The Labute approximate surface area is 81.4 Å². The molecule has 1 aliphatic carbocycles. The smallest absolute Gasteiger partial charge is 0.182 e. The highest BCUT2D eigenvalue weighted by molar-refractivity contribution is 5.48. The van der Waals surface area contributed by atoms with Crippen LogP contribution >= 0.6 is 0 Å². The summed E-state index contributed by atoms with van der Waals surface area (Å²) < 4.78 is 4.10. The molecule has 0 aliphatic heterocycles. The van der Waals surface area contributed by atoms with Gasteiger partial charge in [0, 0.05) is 13.1 Å². The minimum Gasteiger partial charge on any atom is -0.331 e. The quantitative estimate of drug-likeness (QED) is 0.708. The van der Waals surface area contributed by atoms with Gasteiger partial charge in [-0.05, 0) is 12.8 Å². The molecule has 1 aliphatic rings. The van der Waals surface area contributed by atoms with E-state index in [0.717, 1.165) is 11.5 Å². The lowest BCUT2D eigenvalue weighted by molar-refractivity contribution is 0.738. The fraction of sp³-hybridized carbons (Fsp3) is 0.444. The molecule has 72 valence electrons. The maximum Gasteiger partial charge on any atom is 0.182 e. The van der Waals surface area contributed by atoms with Crippen LogP contribution in [-0.2, 0) is 7.05 Å². The van der Waals surface area contributed by atoms with Crippen molar-refractivity contribution < 1.29 is 0 Å². The average Bonchev–Trinajstić information content (AvgIpc) is 2.75. The Balaban J connectivity index is 2.11. The van der Waals surface area contributed by atoms with Crippen LogP contribution in [0.15, 0.2) is 18.9 Å². The topological polar surface area (TPSA) is 48.5 Å². The van der Waals surface area contributed by atoms with Gasteiger partial charge in [-0.3, -0.25) is 0 Å². The molecule has 0 bridgehead atoms. The van der Waals surface area contributed by atoms with Crippen molar-refractivity contribution in [3.05, 3.63) is 18.9 Å². The van der Waals surface area contributed by atoms with E-state index >= 15 is 0 Å². The van der Waals surface area contributed by atoms with Gasteiger partial charge in [-0.15, -0.1) is 10.2 Å². The molecule has 14 heavy (non-hydrogen) atoms. The first-order valence-electron chi connectivity index (χ1n) is 4.72. The number of aryl methyl sites for hydroxylation is 1. The van der Waals surface area contributed by atoms with Crippen molar-refractivity contribution in [2.75, 3.05) is 0 Å². The van der Waals surface area contributed by atoms with Gasteiger partial charge in [0.2, 0.25) is 0 Å². The van der Waals surface area contributed by atoms with Crippen molar-refractivity contribution in [3.63, 3.8) is 0 Å². The Hall–Kier alpha value is -1.65. The molecule has 1 saturated carbocycles. The summed E-state index contributed by atoms with van der Waals surface area (Å²) >= 11 is 0. The molecular weight excluding hydrogens is 178 g/mol. The first kappa shape index (κ1) is 7.73. The van der Waals surface area contributed by atoms with Gasteiger partial charge in [0.15, 0.2) is 5.82 Å². The van der Waals surface area contributed by atoms with Crippen molar-refractivity contribution in [2.24, 2.45) is 7.05 Å². The third-order valence-corrected chi connectivity index (χ3v) is 2.56. The van der Waals surface area contributed by atoms with Crippen LogP contribution in [0.5, 0.6) is 0 Å². The highest BCUT2D eigenvalue weighted by Crippen LogP contribution is 2.37. The second-order valence-electron chi connectivity index (χ2n) is 3.68. The lowest BCUT2D eigenvalue weighted by Crippen LogP contribution is -1.99. The van der Waals surface area contributed by atoms with Crippen LogP contribution < -0.4 is 0 Å². The molecule has 0 spiro atoms. The summed E-state index contributed by atoms with van der Waals surface area (Å²) in [6.45, 7) is 0. The number of imidazole rings is 1. The minimum atomic E-state index is 0.606. The first-order valence-corrected chi connectivity index (χ1v) is 4.72. The summed E-state index contributed by atoms with van der Waals surface area (Å²) in [6, 6.07) is 0.606. The largest absolute Gasteiger partial charge is 0.331 e. The van der Waals surface area contributed by atoms with Crippen molar-refractivity contribution in [1.82, 2.24) is 24.3 Å². The zero-order valence-corrected chi connectivity index (χ0v) is 7.96. The van der Waals surface area contributed by atoms with Gasteiger partial charge in [-0.1, -0.05) is 0 Å². The minimum absolute atomic E-state index is 0.606. The summed E-state index contributed by atoms with van der Waals surface area (Å²) in [5, 5.41) is 8.09. The van der Waals surface area contributed by atoms with Crippen LogP contribution in [0.4, 0.5) is 0 Å². The van der Waals surface area contributed by atoms with Crippen LogP contribution in [0.1, 0.15) is 18.9 Å². The van der Waals surface area contributed by atoms with Crippen LogP contribution in [0, 0.1) is 0 Å². The maximum absolute atomic E-state index is 4.13. The second kappa shape index (κ2) is 2.67. The van der Waals surface area contributed by atoms with Crippen molar-refractivity contribution >= 4 is 0 Å². The maximum atomic E-state index is 4.13. The van der Waals surface area contributed by atoms with Gasteiger partial charge in [-0.25, -0.2) is 4.98 Å². The molecule has 0 aromatic carbocycles. The Morgan fingerprint density at radius 2 is 2.21 bits per heavy atom. The summed E-state index contributed by atoms with van der Waals surface area (Å²) in [6.07, 6.45) is 7.88. The van der Waals surface area contributed by atoms with E-state index in [-0.39, 0.29) is 0 Å². The lowest BCUT2D eigenvalue weighted by Gasteiger charge is -2.03. The van der Waals surface area contributed by atoms with E-state index in [9.17, 15) is 0 Å². The third kappa shape index (κ3) is 1.05. The summed E-state index contributed by atoms with van der Waals surface area (Å²) in [5.41, 5.74) is 1.02. The van der Waals surface area contributed by atoms with Gasteiger partial charge in [-0.2, -0.15) is 0 Å². The molecule has 0 radical (unpaired) electrons.